The maximum absolute atomic E-state index is 12.5. The Labute approximate surface area is 133 Å². The maximum Gasteiger partial charge on any atom is 0.242 e. The summed E-state index contributed by atoms with van der Waals surface area (Å²) in [6, 6.07) is 7.68. The summed E-state index contributed by atoms with van der Waals surface area (Å²) < 4.78 is 0. The summed E-state index contributed by atoms with van der Waals surface area (Å²) in [6.45, 7) is 8.91. The van der Waals surface area contributed by atoms with Gasteiger partial charge in [-0.15, -0.1) is 0 Å². The summed E-state index contributed by atoms with van der Waals surface area (Å²) in [4.78, 5) is 26.5. The van der Waals surface area contributed by atoms with E-state index in [9.17, 15) is 9.59 Å². The molecule has 0 heterocycles. The van der Waals surface area contributed by atoms with Crippen LogP contribution in [0.3, 0.4) is 0 Å². The average Bonchev–Trinajstić information content (AvgIpc) is 2.47. The highest BCUT2D eigenvalue weighted by Crippen LogP contribution is 2.15. The van der Waals surface area contributed by atoms with Crippen LogP contribution in [0.4, 0.5) is 0 Å². The van der Waals surface area contributed by atoms with Crippen molar-refractivity contribution < 1.29 is 9.59 Å². The fourth-order valence-corrected chi connectivity index (χ4v) is 2.58. The number of carbonyl (C=O) groups is 2. The first kappa shape index (κ1) is 18.2. The van der Waals surface area contributed by atoms with E-state index in [-0.39, 0.29) is 11.8 Å². The van der Waals surface area contributed by atoms with Gasteiger partial charge in [0, 0.05) is 19.5 Å². The van der Waals surface area contributed by atoms with E-state index in [1.165, 1.54) is 0 Å². The number of likely N-dealkylation sites (N-methyl/N-ethyl adjacent to an activating group) is 1. The second-order valence-electron chi connectivity index (χ2n) is 5.58. The van der Waals surface area contributed by atoms with E-state index in [0.29, 0.717) is 25.9 Å². The summed E-state index contributed by atoms with van der Waals surface area (Å²) in [5.41, 5.74) is 2.22. The minimum Gasteiger partial charge on any atom is -0.355 e. The van der Waals surface area contributed by atoms with Gasteiger partial charge in [0.05, 0.1) is 0 Å². The molecular formula is C18H28N2O2. The minimum absolute atomic E-state index is 0.0436. The number of hydrogen-bond donors (Lipinski definition) is 1. The van der Waals surface area contributed by atoms with Crippen LogP contribution < -0.4 is 5.32 Å². The summed E-state index contributed by atoms with van der Waals surface area (Å²) in [5.74, 6) is -0.0239. The Balaban J connectivity index is 3.00. The third-order valence-corrected chi connectivity index (χ3v) is 3.64. The third-order valence-electron chi connectivity index (χ3n) is 3.64. The number of rotatable bonds is 8. The van der Waals surface area contributed by atoms with Gasteiger partial charge in [0.15, 0.2) is 0 Å². The SMILES string of the molecule is CCCC(=O)N(Cc1cccc(C)c1)[C@H](CC)C(=O)NCC. The van der Waals surface area contributed by atoms with Crippen LogP contribution >= 0.6 is 0 Å². The molecule has 1 aromatic carbocycles. The first-order chi connectivity index (χ1) is 10.5. The van der Waals surface area contributed by atoms with Gasteiger partial charge in [0.1, 0.15) is 6.04 Å². The van der Waals surface area contributed by atoms with Gasteiger partial charge < -0.3 is 10.2 Å². The Morgan fingerprint density at radius 1 is 1.23 bits per heavy atom. The standard InChI is InChI=1S/C18H28N2O2/c1-5-9-17(21)20(16(6-2)18(22)19-7-3)13-15-11-8-10-14(4)12-15/h8,10-12,16H,5-7,9,13H2,1-4H3,(H,19,22)/t16-/m1/s1. The second kappa shape index (κ2) is 9.23. The van der Waals surface area contributed by atoms with Crippen molar-refractivity contribution in [3.63, 3.8) is 0 Å². The molecule has 0 fully saturated rings. The van der Waals surface area contributed by atoms with Crippen molar-refractivity contribution in [3.05, 3.63) is 35.4 Å². The van der Waals surface area contributed by atoms with Crippen molar-refractivity contribution in [2.45, 2.75) is 59.5 Å². The zero-order valence-corrected chi connectivity index (χ0v) is 14.2. The van der Waals surface area contributed by atoms with Gasteiger partial charge in [0.25, 0.3) is 0 Å². The highest BCUT2D eigenvalue weighted by Gasteiger charge is 2.27. The Morgan fingerprint density at radius 2 is 1.95 bits per heavy atom. The lowest BCUT2D eigenvalue weighted by molar-refractivity contribution is -0.141. The number of hydrogen-bond acceptors (Lipinski definition) is 2. The molecule has 0 spiro atoms. The van der Waals surface area contributed by atoms with Crippen LogP contribution in [0, 0.1) is 6.92 Å². The summed E-state index contributed by atoms with van der Waals surface area (Å²) in [7, 11) is 0. The molecule has 1 rings (SSSR count). The van der Waals surface area contributed by atoms with Crippen molar-refractivity contribution in [2.75, 3.05) is 6.54 Å². The van der Waals surface area contributed by atoms with Crippen molar-refractivity contribution in [1.82, 2.24) is 10.2 Å². The summed E-state index contributed by atoms with van der Waals surface area (Å²) in [6.07, 6.45) is 1.88. The molecule has 0 radical (unpaired) electrons. The van der Waals surface area contributed by atoms with E-state index in [0.717, 1.165) is 17.5 Å². The van der Waals surface area contributed by atoms with Crippen LogP contribution in [0.2, 0.25) is 0 Å². The molecule has 122 valence electrons. The van der Waals surface area contributed by atoms with E-state index in [1.807, 2.05) is 45.9 Å². The molecule has 1 N–H and O–H groups in total. The lowest BCUT2D eigenvalue weighted by Crippen LogP contribution is -2.48. The summed E-state index contributed by atoms with van der Waals surface area (Å²) >= 11 is 0. The topological polar surface area (TPSA) is 49.4 Å². The van der Waals surface area contributed by atoms with Crippen LogP contribution in [0.1, 0.15) is 51.2 Å². The zero-order valence-electron chi connectivity index (χ0n) is 14.2. The number of nitrogens with zero attached hydrogens (tertiary/aromatic N) is 1. The van der Waals surface area contributed by atoms with E-state index < -0.39 is 6.04 Å². The predicted octanol–water partition coefficient (Wildman–Crippen LogP) is 3.04. The van der Waals surface area contributed by atoms with Gasteiger partial charge >= 0.3 is 0 Å². The molecule has 0 aliphatic rings. The van der Waals surface area contributed by atoms with Crippen LogP contribution in [-0.4, -0.2) is 29.3 Å². The fraction of sp³-hybridized carbons (Fsp3) is 0.556. The molecule has 0 bridgehead atoms. The van der Waals surface area contributed by atoms with Crippen molar-refractivity contribution in [1.29, 1.82) is 0 Å². The lowest BCUT2D eigenvalue weighted by atomic mass is 10.1. The number of nitrogens with one attached hydrogen (secondary N) is 1. The highest BCUT2D eigenvalue weighted by atomic mass is 16.2. The molecule has 4 heteroatoms. The maximum atomic E-state index is 12.5. The van der Waals surface area contributed by atoms with Gasteiger partial charge in [0.2, 0.25) is 11.8 Å². The molecule has 1 aromatic rings. The molecule has 2 amide bonds. The van der Waals surface area contributed by atoms with Crippen LogP contribution in [-0.2, 0) is 16.1 Å². The Hall–Kier alpha value is -1.84. The van der Waals surface area contributed by atoms with Gasteiger partial charge in [-0.05, 0) is 32.3 Å². The van der Waals surface area contributed by atoms with E-state index in [1.54, 1.807) is 4.90 Å². The molecule has 0 unspecified atom stereocenters. The first-order valence-corrected chi connectivity index (χ1v) is 8.16. The van der Waals surface area contributed by atoms with Gasteiger partial charge in [-0.1, -0.05) is 43.7 Å². The molecule has 1 atom stereocenters. The van der Waals surface area contributed by atoms with Gasteiger partial charge in [-0.25, -0.2) is 0 Å². The number of carbonyl (C=O) groups excluding carboxylic acids is 2. The lowest BCUT2D eigenvalue weighted by Gasteiger charge is -2.30. The monoisotopic (exact) mass is 304 g/mol. The van der Waals surface area contributed by atoms with E-state index in [2.05, 4.69) is 11.4 Å². The van der Waals surface area contributed by atoms with E-state index in [4.69, 9.17) is 0 Å². The molecule has 4 nitrogen and oxygen atoms in total. The van der Waals surface area contributed by atoms with Crippen LogP contribution in [0.5, 0.6) is 0 Å². The van der Waals surface area contributed by atoms with Crippen LogP contribution in [0.25, 0.3) is 0 Å². The average molecular weight is 304 g/mol. The van der Waals surface area contributed by atoms with Crippen molar-refractivity contribution in [2.24, 2.45) is 0 Å². The smallest absolute Gasteiger partial charge is 0.242 e. The molecule has 0 aromatic heterocycles. The third kappa shape index (κ3) is 5.17. The molecular weight excluding hydrogens is 276 g/mol. The highest BCUT2D eigenvalue weighted by molar-refractivity contribution is 5.87. The predicted molar refractivity (Wildman–Crippen MR) is 89.4 cm³/mol. The molecule has 0 saturated heterocycles. The Bertz CT molecular complexity index is 500. The summed E-state index contributed by atoms with van der Waals surface area (Å²) in [5, 5.41) is 2.84. The Morgan fingerprint density at radius 3 is 2.50 bits per heavy atom. The van der Waals surface area contributed by atoms with Gasteiger partial charge in [-0.2, -0.15) is 0 Å². The van der Waals surface area contributed by atoms with Crippen molar-refractivity contribution in [3.8, 4) is 0 Å². The van der Waals surface area contributed by atoms with Gasteiger partial charge in [-0.3, -0.25) is 9.59 Å². The Kier molecular flexibility index (Phi) is 7.64. The molecule has 0 saturated carbocycles. The van der Waals surface area contributed by atoms with Crippen LogP contribution in [0.15, 0.2) is 24.3 Å². The number of amides is 2. The number of aryl methyl sites for hydroxylation is 1. The molecule has 0 aliphatic carbocycles. The van der Waals surface area contributed by atoms with Crippen molar-refractivity contribution >= 4 is 11.8 Å². The minimum atomic E-state index is -0.403. The molecule has 0 aliphatic heterocycles. The zero-order chi connectivity index (χ0) is 16.5. The number of benzene rings is 1. The fourth-order valence-electron chi connectivity index (χ4n) is 2.58. The van der Waals surface area contributed by atoms with E-state index >= 15 is 0 Å². The largest absolute Gasteiger partial charge is 0.355 e. The quantitative estimate of drug-likeness (QED) is 0.802. The normalized spacial score (nSPS) is 11.8. The second-order valence-corrected chi connectivity index (χ2v) is 5.58. The molecule has 22 heavy (non-hydrogen) atoms. The first-order valence-electron chi connectivity index (χ1n) is 8.16.